The van der Waals surface area contributed by atoms with E-state index in [0.29, 0.717) is 10.2 Å². The zero-order chi connectivity index (χ0) is 17.0. The average Bonchev–Trinajstić information content (AvgIpc) is 2.46. The lowest BCUT2D eigenvalue weighted by atomic mass is 10.2. The highest BCUT2D eigenvalue weighted by molar-refractivity contribution is 9.10. The van der Waals surface area contributed by atoms with E-state index in [9.17, 15) is 18.0 Å². The monoisotopic (exact) mass is 403 g/mol. The van der Waals surface area contributed by atoms with Gasteiger partial charge in [-0.25, -0.2) is 0 Å². The molecule has 0 aliphatic carbocycles. The minimum atomic E-state index is -4.40. The Hall–Kier alpha value is -2.00. The number of nitrogens with zero attached hydrogens (tertiary/aromatic N) is 1. The first-order chi connectivity index (χ1) is 10.8. The summed E-state index contributed by atoms with van der Waals surface area (Å²) in [6, 6.07) is 5.85. The van der Waals surface area contributed by atoms with Gasteiger partial charge in [0, 0.05) is 22.6 Å². The summed E-state index contributed by atoms with van der Waals surface area (Å²) >= 11 is 8.14. The van der Waals surface area contributed by atoms with Crippen LogP contribution in [-0.4, -0.2) is 16.0 Å². The van der Waals surface area contributed by atoms with Crippen molar-refractivity contribution in [3.05, 3.63) is 58.3 Å². The van der Waals surface area contributed by atoms with E-state index >= 15 is 0 Å². The molecule has 0 radical (unpaired) electrons. The van der Waals surface area contributed by atoms with Crippen molar-refractivity contribution in [2.24, 2.45) is 0 Å². The largest absolute Gasteiger partial charge is 0.416 e. The highest BCUT2D eigenvalue weighted by atomic mass is 79.9. The Kier molecular flexibility index (Phi) is 5.32. The first kappa shape index (κ1) is 17.4. The van der Waals surface area contributed by atoms with Crippen molar-refractivity contribution in [2.75, 3.05) is 5.32 Å². The van der Waals surface area contributed by atoms with E-state index in [1.807, 2.05) is 0 Å². The van der Waals surface area contributed by atoms with Crippen LogP contribution in [0.25, 0.3) is 0 Å². The van der Waals surface area contributed by atoms with Crippen molar-refractivity contribution >= 4 is 44.9 Å². The number of rotatable bonds is 2. The second-order valence-electron chi connectivity index (χ2n) is 4.38. The van der Waals surface area contributed by atoms with Gasteiger partial charge in [-0.3, -0.25) is 15.1 Å². The maximum absolute atomic E-state index is 12.5. The number of hydrogen-bond donors (Lipinski definition) is 2. The quantitative estimate of drug-likeness (QED) is 0.744. The van der Waals surface area contributed by atoms with E-state index in [1.165, 1.54) is 24.5 Å². The number of benzene rings is 1. The molecule has 0 aliphatic rings. The van der Waals surface area contributed by atoms with Crippen LogP contribution in [0.3, 0.4) is 0 Å². The lowest BCUT2D eigenvalue weighted by Gasteiger charge is -2.11. The van der Waals surface area contributed by atoms with Crippen molar-refractivity contribution < 1.29 is 18.0 Å². The third kappa shape index (κ3) is 5.00. The molecule has 0 saturated carbocycles. The lowest BCUT2D eigenvalue weighted by molar-refractivity contribution is -0.137. The van der Waals surface area contributed by atoms with Gasteiger partial charge in [0.1, 0.15) is 0 Å². The van der Waals surface area contributed by atoms with Gasteiger partial charge in [0.25, 0.3) is 5.91 Å². The third-order valence-corrected chi connectivity index (χ3v) is 3.30. The summed E-state index contributed by atoms with van der Waals surface area (Å²) in [5, 5.41) is 5.02. The van der Waals surface area contributed by atoms with Gasteiger partial charge in [0.2, 0.25) is 0 Å². The second kappa shape index (κ2) is 7.05. The maximum Gasteiger partial charge on any atom is 0.416 e. The standard InChI is InChI=1S/C14H9BrF3N3OS/c15-10-5-8(6-19-7-10)12(22)21-13(23)20-11-3-1-9(2-4-11)14(16,17)18/h1-7H,(H2,20,21,22,23). The lowest BCUT2D eigenvalue weighted by Crippen LogP contribution is -2.34. The Morgan fingerprint density at radius 2 is 1.83 bits per heavy atom. The molecule has 9 heteroatoms. The molecule has 1 heterocycles. The molecule has 4 nitrogen and oxygen atoms in total. The molecule has 2 rings (SSSR count). The number of carbonyl (C=O) groups excluding carboxylic acids is 1. The fourth-order valence-electron chi connectivity index (χ4n) is 1.62. The molecule has 1 amide bonds. The number of nitrogens with one attached hydrogen (secondary N) is 2. The van der Waals surface area contributed by atoms with Gasteiger partial charge in [0.15, 0.2) is 5.11 Å². The number of alkyl halides is 3. The zero-order valence-electron chi connectivity index (χ0n) is 11.3. The number of pyridine rings is 1. The molecule has 0 saturated heterocycles. The fraction of sp³-hybridized carbons (Fsp3) is 0.0714. The Labute approximate surface area is 143 Å². The molecular weight excluding hydrogens is 395 g/mol. The Morgan fingerprint density at radius 1 is 1.17 bits per heavy atom. The van der Waals surface area contributed by atoms with Crippen molar-refractivity contribution in [1.82, 2.24) is 10.3 Å². The first-order valence-corrected chi connectivity index (χ1v) is 7.36. The van der Waals surface area contributed by atoms with Crippen molar-refractivity contribution in [3.8, 4) is 0 Å². The summed E-state index contributed by atoms with van der Waals surface area (Å²) in [7, 11) is 0. The van der Waals surface area contributed by atoms with Gasteiger partial charge in [-0.05, 0) is 58.5 Å². The summed E-state index contributed by atoms with van der Waals surface area (Å²) < 4.78 is 38.0. The van der Waals surface area contributed by atoms with E-state index in [0.717, 1.165) is 12.1 Å². The van der Waals surface area contributed by atoms with E-state index in [4.69, 9.17) is 12.2 Å². The van der Waals surface area contributed by atoms with E-state index in [-0.39, 0.29) is 10.7 Å². The first-order valence-electron chi connectivity index (χ1n) is 6.16. The SMILES string of the molecule is O=C(NC(=S)Nc1ccc(C(F)(F)F)cc1)c1cncc(Br)c1. The number of amides is 1. The van der Waals surface area contributed by atoms with Crippen LogP contribution in [0.15, 0.2) is 47.2 Å². The van der Waals surface area contributed by atoms with Gasteiger partial charge >= 0.3 is 6.18 Å². The topological polar surface area (TPSA) is 54.0 Å². The van der Waals surface area contributed by atoms with Crippen molar-refractivity contribution in [2.45, 2.75) is 6.18 Å². The van der Waals surface area contributed by atoms with Gasteiger partial charge in [-0.1, -0.05) is 0 Å². The molecule has 2 N–H and O–H groups in total. The number of aromatic nitrogens is 1. The molecule has 0 aliphatic heterocycles. The number of thiocarbonyl (C=S) groups is 1. The van der Waals surface area contributed by atoms with Crippen LogP contribution >= 0.6 is 28.1 Å². The minimum Gasteiger partial charge on any atom is -0.332 e. The summed E-state index contributed by atoms with van der Waals surface area (Å²) in [6.07, 6.45) is -1.52. The Morgan fingerprint density at radius 3 is 2.39 bits per heavy atom. The average molecular weight is 404 g/mol. The Balaban J connectivity index is 1.98. The van der Waals surface area contributed by atoms with E-state index in [1.54, 1.807) is 6.07 Å². The molecule has 0 fully saturated rings. The molecule has 0 spiro atoms. The van der Waals surface area contributed by atoms with E-state index in [2.05, 4.69) is 31.5 Å². The second-order valence-corrected chi connectivity index (χ2v) is 5.70. The molecule has 1 aromatic carbocycles. The van der Waals surface area contributed by atoms with Crippen molar-refractivity contribution in [1.29, 1.82) is 0 Å². The number of carbonyl (C=O) groups is 1. The van der Waals surface area contributed by atoms with Crippen LogP contribution in [0.4, 0.5) is 18.9 Å². The zero-order valence-corrected chi connectivity index (χ0v) is 13.7. The van der Waals surface area contributed by atoms with Crippen molar-refractivity contribution in [3.63, 3.8) is 0 Å². The highest BCUT2D eigenvalue weighted by Gasteiger charge is 2.29. The molecule has 2 aromatic rings. The summed E-state index contributed by atoms with van der Waals surface area (Å²) in [4.78, 5) is 15.8. The minimum absolute atomic E-state index is 0.0327. The summed E-state index contributed by atoms with van der Waals surface area (Å²) in [5.41, 5.74) is -0.148. The summed E-state index contributed by atoms with van der Waals surface area (Å²) in [5.74, 6) is -0.483. The molecule has 1 aromatic heterocycles. The fourth-order valence-corrected chi connectivity index (χ4v) is 2.19. The maximum atomic E-state index is 12.5. The number of hydrogen-bond acceptors (Lipinski definition) is 3. The molecule has 23 heavy (non-hydrogen) atoms. The molecule has 0 unspecified atom stereocenters. The van der Waals surface area contributed by atoms with Gasteiger partial charge < -0.3 is 5.32 Å². The smallest absolute Gasteiger partial charge is 0.332 e. The third-order valence-electron chi connectivity index (χ3n) is 2.66. The van der Waals surface area contributed by atoms with Gasteiger partial charge in [0.05, 0.1) is 11.1 Å². The molecule has 0 atom stereocenters. The van der Waals surface area contributed by atoms with E-state index < -0.39 is 17.6 Å². The van der Waals surface area contributed by atoms with Crippen LogP contribution in [0, 0.1) is 0 Å². The predicted molar refractivity (Wildman–Crippen MR) is 87.1 cm³/mol. The van der Waals surface area contributed by atoms with Crippen LogP contribution in [0.2, 0.25) is 0 Å². The molecule has 0 bridgehead atoms. The highest BCUT2D eigenvalue weighted by Crippen LogP contribution is 2.29. The summed E-state index contributed by atoms with van der Waals surface area (Å²) in [6.45, 7) is 0. The van der Waals surface area contributed by atoms with Crippen LogP contribution in [0.1, 0.15) is 15.9 Å². The normalized spacial score (nSPS) is 11.0. The van der Waals surface area contributed by atoms with Crippen LogP contribution in [-0.2, 0) is 6.18 Å². The molecular formula is C14H9BrF3N3OS. The van der Waals surface area contributed by atoms with Crippen LogP contribution < -0.4 is 10.6 Å². The van der Waals surface area contributed by atoms with Gasteiger partial charge in [-0.15, -0.1) is 0 Å². The van der Waals surface area contributed by atoms with Crippen LogP contribution in [0.5, 0.6) is 0 Å². The molecule has 120 valence electrons. The van der Waals surface area contributed by atoms with Gasteiger partial charge in [-0.2, -0.15) is 13.2 Å². The predicted octanol–water partition coefficient (Wildman–Crippen LogP) is 3.99. The number of halogens is 4. The Bertz CT molecular complexity index is 735. The number of anilines is 1.